The Labute approximate surface area is 123 Å². The summed E-state index contributed by atoms with van der Waals surface area (Å²) in [6, 6.07) is 0. The molecule has 0 bridgehead atoms. The third kappa shape index (κ3) is 4.71. The highest BCUT2D eigenvalue weighted by molar-refractivity contribution is 6.33. The maximum atomic E-state index is 11.0. The lowest BCUT2D eigenvalue weighted by Crippen LogP contribution is -2.38. The summed E-state index contributed by atoms with van der Waals surface area (Å²) >= 11 is 12.3. The van der Waals surface area contributed by atoms with Crippen LogP contribution in [0.1, 0.15) is 32.6 Å². The van der Waals surface area contributed by atoms with Gasteiger partial charge in [-0.05, 0) is 18.9 Å². The molecular weight excluding hydrogens is 289 g/mol. The first kappa shape index (κ1) is 16.3. The van der Waals surface area contributed by atoms with Crippen LogP contribution in [-0.4, -0.2) is 28.8 Å². The van der Waals surface area contributed by atoms with Gasteiger partial charge >= 0.3 is 6.09 Å². The van der Waals surface area contributed by atoms with Crippen LogP contribution in [0.3, 0.4) is 0 Å². The fourth-order valence-electron chi connectivity index (χ4n) is 2.02. The molecule has 0 saturated carbocycles. The van der Waals surface area contributed by atoms with Gasteiger partial charge in [0.15, 0.2) is 6.10 Å². The Bertz CT molecular complexity index is 382. The molecule has 0 aliphatic heterocycles. The second kappa shape index (κ2) is 7.78. The van der Waals surface area contributed by atoms with Crippen LogP contribution < -0.4 is 5.73 Å². The van der Waals surface area contributed by atoms with E-state index in [-0.39, 0.29) is 0 Å². The lowest BCUT2D eigenvalue weighted by molar-refractivity contribution is 0.0191. The fourth-order valence-corrected chi connectivity index (χ4v) is 2.75. The molecule has 0 spiro atoms. The zero-order valence-electron chi connectivity index (χ0n) is 10.8. The molecule has 1 amide bonds. The number of nitrogens with two attached hydrogens (primary N) is 1. The largest absolute Gasteiger partial charge is 0.439 e. The molecule has 3 atom stereocenters. The summed E-state index contributed by atoms with van der Waals surface area (Å²) in [5, 5.41) is 10.2. The van der Waals surface area contributed by atoms with Crippen LogP contribution >= 0.6 is 23.2 Å². The first-order valence-corrected chi connectivity index (χ1v) is 7.13. The van der Waals surface area contributed by atoms with E-state index < -0.39 is 23.7 Å². The van der Waals surface area contributed by atoms with Crippen LogP contribution in [0.15, 0.2) is 22.8 Å². The summed E-state index contributed by atoms with van der Waals surface area (Å²) in [7, 11) is 0. The quantitative estimate of drug-likeness (QED) is 0.741. The van der Waals surface area contributed by atoms with Gasteiger partial charge in [-0.25, -0.2) is 4.79 Å². The van der Waals surface area contributed by atoms with Crippen LogP contribution in [0.2, 0.25) is 0 Å². The zero-order chi connectivity index (χ0) is 14.4. The molecule has 108 valence electrons. The molecule has 0 heterocycles. The van der Waals surface area contributed by atoms with Gasteiger partial charge in [0.2, 0.25) is 0 Å². The molecule has 0 aromatic rings. The minimum atomic E-state index is -0.948. The molecule has 19 heavy (non-hydrogen) atoms. The maximum Gasteiger partial charge on any atom is 0.405 e. The number of allylic oxidation sites excluding steroid dienone is 3. The van der Waals surface area contributed by atoms with Crippen LogP contribution in [0.4, 0.5) is 4.79 Å². The topological polar surface area (TPSA) is 72.6 Å². The van der Waals surface area contributed by atoms with Gasteiger partial charge in [0.25, 0.3) is 0 Å². The molecule has 0 fully saturated rings. The molecule has 3 N–H and O–H groups in total. The van der Waals surface area contributed by atoms with Gasteiger partial charge in [0.05, 0.1) is 11.5 Å². The zero-order valence-corrected chi connectivity index (χ0v) is 12.3. The van der Waals surface area contributed by atoms with Crippen LogP contribution in [-0.2, 0) is 4.74 Å². The average molecular weight is 308 g/mol. The van der Waals surface area contributed by atoms with Crippen LogP contribution in [0, 0.1) is 0 Å². The molecule has 0 saturated heterocycles. The Morgan fingerprint density at radius 2 is 2.37 bits per heavy atom. The standard InChI is InChI=1S/C13H19Cl2NO3/c1-2-3-7-10(17)12(19-13(16)18)11-8(14)5-4-6-9(11)15/h4-5,9-10,12,17H,2-3,6-7H2,1H3,(H2,16,18). The number of primary amides is 1. The number of ether oxygens (including phenoxy) is 1. The predicted octanol–water partition coefficient (Wildman–Crippen LogP) is 3.06. The Morgan fingerprint density at radius 3 is 2.89 bits per heavy atom. The van der Waals surface area contributed by atoms with E-state index in [1.807, 2.05) is 13.0 Å². The molecule has 1 aliphatic carbocycles. The number of unbranched alkanes of at least 4 members (excludes halogenated alkanes) is 1. The van der Waals surface area contributed by atoms with E-state index in [2.05, 4.69) is 0 Å². The third-order valence-corrected chi connectivity index (χ3v) is 3.73. The van der Waals surface area contributed by atoms with Gasteiger partial charge < -0.3 is 15.6 Å². The monoisotopic (exact) mass is 307 g/mol. The summed E-state index contributed by atoms with van der Waals surface area (Å²) in [4.78, 5) is 11.0. The fraction of sp³-hybridized carbons (Fsp3) is 0.615. The summed E-state index contributed by atoms with van der Waals surface area (Å²) in [5.74, 6) is 0. The molecule has 0 radical (unpaired) electrons. The normalized spacial score (nSPS) is 22.2. The van der Waals surface area contributed by atoms with E-state index in [1.165, 1.54) is 0 Å². The van der Waals surface area contributed by atoms with E-state index in [9.17, 15) is 9.90 Å². The number of aliphatic hydroxyl groups is 1. The van der Waals surface area contributed by atoms with Crippen molar-refractivity contribution in [3.63, 3.8) is 0 Å². The van der Waals surface area contributed by atoms with Crippen LogP contribution in [0.5, 0.6) is 0 Å². The van der Waals surface area contributed by atoms with Crippen molar-refractivity contribution in [2.45, 2.75) is 50.2 Å². The lowest BCUT2D eigenvalue weighted by atomic mass is 9.93. The number of amides is 1. The molecule has 1 rings (SSSR count). The van der Waals surface area contributed by atoms with Crippen molar-refractivity contribution in [1.29, 1.82) is 0 Å². The average Bonchev–Trinajstić information content (AvgIpc) is 2.34. The number of aliphatic hydroxyl groups excluding tert-OH is 1. The van der Waals surface area contributed by atoms with Crippen molar-refractivity contribution < 1.29 is 14.6 Å². The van der Waals surface area contributed by atoms with Crippen molar-refractivity contribution in [2.24, 2.45) is 5.73 Å². The summed E-state index contributed by atoms with van der Waals surface area (Å²) in [6.07, 6.45) is 3.65. The molecule has 0 aromatic carbocycles. The maximum absolute atomic E-state index is 11.0. The van der Waals surface area contributed by atoms with Crippen LogP contribution in [0.25, 0.3) is 0 Å². The first-order valence-electron chi connectivity index (χ1n) is 6.31. The summed E-state index contributed by atoms with van der Waals surface area (Å²) in [6.45, 7) is 2.01. The van der Waals surface area contributed by atoms with Crippen molar-refractivity contribution in [3.05, 3.63) is 22.8 Å². The number of halogens is 2. The second-order valence-electron chi connectivity index (χ2n) is 4.48. The highest BCUT2D eigenvalue weighted by atomic mass is 35.5. The number of carbonyl (C=O) groups excluding carboxylic acids is 1. The Kier molecular flexibility index (Phi) is 6.69. The molecule has 6 heteroatoms. The number of hydrogen-bond donors (Lipinski definition) is 2. The SMILES string of the molecule is CCCCC(O)C(OC(N)=O)C1=C(Cl)C=CCC1Cl. The van der Waals surface area contributed by atoms with Gasteiger partial charge in [0, 0.05) is 10.6 Å². The van der Waals surface area contributed by atoms with Gasteiger partial charge in [0.1, 0.15) is 0 Å². The van der Waals surface area contributed by atoms with Crippen molar-refractivity contribution in [1.82, 2.24) is 0 Å². The predicted molar refractivity (Wildman–Crippen MR) is 76.3 cm³/mol. The van der Waals surface area contributed by atoms with E-state index in [0.29, 0.717) is 23.4 Å². The minimum Gasteiger partial charge on any atom is -0.439 e. The number of rotatable bonds is 6. The van der Waals surface area contributed by atoms with Gasteiger partial charge in [-0.1, -0.05) is 37.4 Å². The number of carbonyl (C=O) groups is 1. The van der Waals surface area contributed by atoms with Gasteiger partial charge in [-0.3, -0.25) is 0 Å². The van der Waals surface area contributed by atoms with E-state index in [4.69, 9.17) is 33.7 Å². The molecule has 0 aromatic heterocycles. The number of hydrogen-bond acceptors (Lipinski definition) is 3. The highest BCUT2D eigenvalue weighted by Gasteiger charge is 2.33. The number of alkyl halides is 1. The molecule has 3 unspecified atom stereocenters. The first-order chi connectivity index (χ1) is 8.97. The van der Waals surface area contributed by atoms with Crippen molar-refractivity contribution in [3.8, 4) is 0 Å². The van der Waals surface area contributed by atoms with E-state index in [1.54, 1.807) is 6.08 Å². The smallest absolute Gasteiger partial charge is 0.405 e. The molecule has 1 aliphatic rings. The Hall–Kier alpha value is -0.710. The highest BCUT2D eigenvalue weighted by Crippen LogP contribution is 2.32. The lowest BCUT2D eigenvalue weighted by Gasteiger charge is -2.29. The second-order valence-corrected chi connectivity index (χ2v) is 5.41. The van der Waals surface area contributed by atoms with Gasteiger partial charge in [-0.15, -0.1) is 11.6 Å². The Balaban J connectivity index is 2.95. The van der Waals surface area contributed by atoms with Crippen molar-refractivity contribution >= 4 is 29.3 Å². The Morgan fingerprint density at radius 1 is 1.68 bits per heavy atom. The van der Waals surface area contributed by atoms with Crippen molar-refractivity contribution in [2.75, 3.05) is 0 Å². The molecule has 4 nitrogen and oxygen atoms in total. The minimum absolute atomic E-state index is 0.396. The summed E-state index contributed by atoms with van der Waals surface area (Å²) < 4.78 is 5.02. The van der Waals surface area contributed by atoms with Gasteiger partial charge in [-0.2, -0.15) is 0 Å². The van der Waals surface area contributed by atoms with E-state index >= 15 is 0 Å². The summed E-state index contributed by atoms with van der Waals surface area (Å²) in [5.41, 5.74) is 5.58. The third-order valence-electron chi connectivity index (χ3n) is 2.97. The van der Waals surface area contributed by atoms with E-state index in [0.717, 1.165) is 12.8 Å². The molecular formula is C13H19Cl2NO3.